The summed E-state index contributed by atoms with van der Waals surface area (Å²) in [7, 11) is 1.70. The molecule has 6 heteroatoms. The minimum atomic E-state index is -0.399. The third-order valence-electron chi connectivity index (χ3n) is 4.13. The normalized spacial score (nSPS) is 11.2. The molecule has 0 atom stereocenters. The number of hydrogen-bond acceptors (Lipinski definition) is 6. The van der Waals surface area contributed by atoms with Crippen molar-refractivity contribution in [3.8, 4) is 5.75 Å². The topological polar surface area (TPSA) is 71.1 Å². The van der Waals surface area contributed by atoms with Crippen molar-refractivity contribution >= 4 is 24.1 Å². The fraction of sp³-hybridized carbons (Fsp3) is 0.500. The summed E-state index contributed by atoms with van der Waals surface area (Å²) >= 11 is 0. The van der Waals surface area contributed by atoms with E-state index in [9.17, 15) is 9.59 Å². The van der Waals surface area contributed by atoms with Crippen molar-refractivity contribution in [2.75, 3.05) is 33.5 Å². The van der Waals surface area contributed by atoms with Gasteiger partial charge in [-0.3, -0.25) is 4.79 Å². The van der Waals surface area contributed by atoms with Gasteiger partial charge in [-0.15, -0.1) is 0 Å². The van der Waals surface area contributed by atoms with Crippen LogP contribution in [0.1, 0.15) is 57.1 Å². The number of unbranched alkanes of at least 4 members (excludes halogenated alkanes) is 2. The number of benzene rings is 1. The Bertz CT molecular complexity index is 693. The van der Waals surface area contributed by atoms with Crippen LogP contribution < -0.4 is 4.74 Å². The van der Waals surface area contributed by atoms with E-state index in [0.717, 1.165) is 37.0 Å². The third kappa shape index (κ3) is 10.8. The van der Waals surface area contributed by atoms with Gasteiger partial charge in [-0.05, 0) is 57.2 Å². The van der Waals surface area contributed by atoms with Gasteiger partial charge in [-0.25, -0.2) is 4.79 Å². The van der Waals surface area contributed by atoms with Gasteiger partial charge in [0.25, 0.3) is 0 Å². The first-order valence-electron chi connectivity index (χ1n) is 10.5. The van der Waals surface area contributed by atoms with Crippen molar-refractivity contribution in [1.29, 1.82) is 0 Å². The number of ether oxygens (including phenoxy) is 4. The molecule has 0 fully saturated rings. The lowest BCUT2D eigenvalue weighted by atomic mass is 10.0. The molecule has 6 nitrogen and oxygen atoms in total. The monoisotopic (exact) mass is 418 g/mol. The number of hydrogen-bond donors (Lipinski definition) is 0. The molecule has 1 rings (SSSR count). The van der Waals surface area contributed by atoms with Crippen LogP contribution in [0.3, 0.4) is 0 Å². The van der Waals surface area contributed by atoms with Crippen LogP contribution in [0, 0.1) is 0 Å². The molecular weight excluding hydrogens is 384 g/mol. The third-order valence-corrected chi connectivity index (χ3v) is 4.13. The average Bonchev–Trinajstić information content (AvgIpc) is 2.73. The Morgan fingerprint density at radius 3 is 2.50 bits per heavy atom. The summed E-state index contributed by atoms with van der Waals surface area (Å²) in [5.41, 5.74) is 1.75. The number of allylic oxidation sites excluding steroid dienone is 1. The Kier molecular flexibility index (Phi) is 13.8. The zero-order chi connectivity index (χ0) is 22.0. The Morgan fingerprint density at radius 1 is 0.967 bits per heavy atom. The summed E-state index contributed by atoms with van der Waals surface area (Å²) in [6.45, 7) is 5.39. The summed E-state index contributed by atoms with van der Waals surface area (Å²) in [6.07, 6.45) is 11.1. The van der Waals surface area contributed by atoms with Gasteiger partial charge >= 0.3 is 11.9 Å². The van der Waals surface area contributed by atoms with Gasteiger partial charge in [0.05, 0.1) is 19.8 Å². The zero-order valence-corrected chi connectivity index (χ0v) is 18.4. The summed E-state index contributed by atoms with van der Waals surface area (Å²) in [5, 5.41) is 0. The highest BCUT2D eigenvalue weighted by Gasteiger charge is 2.08. The van der Waals surface area contributed by atoms with E-state index in [1.165, 1.54) is 6.08 Å². The zero-order valence-electron chi connectivity index (χ0n) is 18.4. The summed E-state index contributed by atoms with van der Waals surface area (Å²) in [5.74, 6) is 0.0266. The fourth-order valence-electron chi connectivity index (χ4n) is 2.70. The summed E-state index contributed by atoms with van der Waals surface area (Å²) < 4.78 is 20.9. The van der Waals surface area contributed by atoms with Crippen LogP contribution in [-0.2, 0) is 23.8 Å². The summed E-state index contributed by atoms with van der Waals surface area (Å²) in [4.78, 5) is 23.2. The number of carbonyl (C=O) groups is 2. The van der Waals surface area contributed by atoms with Crippen LogP contribution in [0.4, 0.5) is 0 Å². The first-order valence-corrected chi connectivity index (χ1v) is 10.5. The Hall–Kier alpha value is -2.60. The van der Waals surface area contributed by atoms with Gasteiger partial charge in [0.15, 0.2) is 0 Å². The van der Waals surface area contributed by atoms with E-state index < -0.39 is 5.97 Å². The number of carbonyl (C=O) groups excluding carboxylic acids is 2. The van der Waals surface area contributed by atoms with Crippen LogP contribution >= 0.6 is 0 Å². The van der Waals surface area contributed by atoms with Gasteiger partial charge < -0.3 is 18.9 Å². The lowest BCUT2D eigenvalue weighted by Crippen LogP contribution is -2.07. The minimum absolute atomic E-state index is 0.228. The first kappa shape index (κ1) is 25.4. The molecule has 30 heavy (non-hydrogen) atoms. The van der Waals surface area contributed by atoms with Gasteiger partial charge in [0.2, 0.25) is 0 Å². The maximum atomic E-state index is 11.8. The van der Waals surface area contributed by atoms with Crippen molar-refractivity contribution in [2.45, 2.75) is 46.0 Å². The standard InChI is InChI=1S/C24H34O6/c1-4-28-23(25)15-11-19-30-22-14-10-13-20(12-8-6-7-9-18-27-3)21(22)16-17-24(26)29-5-2/h8,10,12-14,16-17H,4-7,9,11,15,18-19H2,1-3H3/b12-8?,17-16+. The molecule has 1 aromatic carbocycles. The lowest BCUT2D eigenvalue weighted by molar-refractivity contribution is -0.143. The highest BCUT2D eigenvalue weighted by Crippen LogP contribution is 2.26. The van der Waals surface area contributed by atoms with E-state index in [2.05, 4.69) is 6.08 Å². The molecule has 0 bridgehead atoms. The van der Waals surface area contributed by atoms with E-state index in [1.54, 1.807) is 27.0 Å². The van der Waals surface area contributed by atoms with E-state index in [1.807, 2.05) is 24.3 Å². The van der Waals surface area contributed by atoms with E-state index in [0.29, 0.717) is 38.4 Å². The quantitative estimate of drug-likeness (QED) is 0.231. The number of esters is 2. The van der Waals surface area contributed by atoms with E-state index >= 15 is 0 Å². The van der Waals surface area contributed by atoms with Crippen LogP contribution in [-0.4, -0.2) is 45.5 Å². The molecular formula is C24H34O6. The molecule has 166 valence electrons. The SMILES string of the molecule is CCOC(=O)/C=C/c1c(C=CCCCCOC)cccc1OCCCC(=O)OCC. The largest absolute Gasteiger partial charge is 0.493 e. The average molecular weight is 419 g/mol. The fourth-order valence-corrected chi connectivity index (χ4v) is 2.70. The molecule has 0 N–H and O–H groups in total. The molecule has 0 radical (unpaired) electrons. The van der Waals surface area contributed by atoms with Gasteiger partial charge in [-0.1, -0.05) is 24.3 Å². The summed E-state index contributed by atoms with van der Waals surface area (Å²) in [6, 6.07) is 5.74. The molecule has 0 aromatic heterocycles. The molecule has 0 saturated heterocycles. The van der Waals surface area contributed by atoms with Crippen LogP contribution in [0.5, 0.6) is 5.75 Å². The molecule has 0 unspecified atom stereocenters. The van der Waals surface area contributed by atoms with Crippen LogP contribution in [0.25, 0.3) is 12.2 Å². The van der Waals surface area contributed by atoms with E-state index in [4.69, 9.17) is 18.9 Å². The van der Waals surface area contributed by atoms with Gasteiger partial charge in [-0.2, -0.15) is 0 Å². The maximum Gasteiger partial charge on any atom is 0.330 e. The van der Waals surface area contributed by atoms with Gasteiger partial charge in [0.1, 0.15) is 5.75 Å². The van der Waals surface area contributed by atoms with Gasteiger partial charge in [0, 0.05) is 31.8 Å². The van der Waals surface area contributed by atoms with Crippen LogP contribution in [0.2, 0.25) is 0 Å². The molecule has 1 aromatic rings. The highest BCUT2D eigenvalue weighted by atomic mass is 16.5. The number of rotatable bonds is 15. The van der Waals surface area contributed by atoms with Crippen molar-refractivity contribution in [2.24, 2.45) is 0 Å². The lowest BCUT2D eigenvalue weighted by Gasteiger charge is -2.12. The predicted molar refractivity (Wildman–Crippen MR) is 118 cm³/mol. The van der Waals surface area contributed by atoms with E-state index in [-0.39, 0.29) is 5.97 Å². The maximum absolute atomic E-state index is 11.8. The molecule has 0 spiro atoms. The molecule has 0 amide bonds. The molecule has 0 heterocycles. The van der Waals surface area contributed by atoms with Crippen molar-refractivity contribution in [3.05, 3.63) is 41.5 Å². The predicted octanol–water partition coefficient (Wildman–Crippen LogP) is 4.81. The Labute approximate surface area is 179 Å². The van der Waals surface area contributed by atoms with Crippen molar-refractivity contribution in [1.82, 2.24) is 0 Å². The molecule has 0 aliphatic rings. The first-order chi connectivity index (χ1) is 14.6. The Morgan fingerprint density at radius 2 is 1.77 bits per heavy atom. The highest BCUT2D eigenvalue weighted by molar-refractivity contribution is 5.88. The number of methoxy groups -OCH3 is 1. The molecule has 0 aliphatic heterocycles. The minimum Gasteiger partial charge on any atom is -0.493 e. The molecule has 0 saturated carbocycles. The Balaban J connectivity index is 2.84. The van der Waals surface area contributed by atoms with Crippen LogP contribution in [0.15, 0.2) is 30.4 Å². The van der Waals surface area contributed by atoms with Crippen molar-refractivity contribution < 1.29 is 28.5 Å². The second-order valence-electron chi connectivity index (χ2n) is 6.49. The second kappa shape index (κ2) is 16.2. The second-order valence-corrected chi connectivity index (χ2v) is 6.49. The molecule has 0 aliphatic carbocycles. The smallest absolute Gasteiger partial charge is 0.330 e. The van der Waals surface area contributed by atoms with Crippen molar-refractivity contribution in [3.63, 3.8) is 0 Å².